The zero-order valence-electron chi connectivity index (χ0n) is 14.0. The molecule has 1 N–H and O–H groups in total. The number of hydrogen-bond donors (Lipinski definition) is 1. The monoisotopic (exact) mass is 304 g/mol. The van der Waals surface area contributed by atoms with E-state index in [-0.39, 0.29) is 17.9 Å². The van der Waals surface area contributed by atoms with E-state index in [2.05, 4.69) is 0 Å². The maximum atomic E-state index is 13.0. The highest BCUT2D eigenvalue weighted by molar-refractivity contribution is 5.93. The minimum absolute atomic E-state index is 0.125. The van der Waals surface area contributed by atoms with Crippen LogP contribution >= 0.6 is 0 Å². The van der Waals surface area contributed by atoms with Gasteiger partial charge in [-0.2, -0.15) is 0 Å². The van der Waals surface area contributed by atoms with E-state index < -0.39 is 5.60 Å². The van der Waals surface area contributed by atoms with Crippen LogP contribution in [0, 0.1) is 12.8 Å². The van der Waals surface area contributed by atoms with Gasteiger partial charge in [0, 0.05) is 31.2 Å². The molecule has 2 heterocycles. The second-order valence-electron chi connectivity index (χ2n) is 7.34. The molecule has 1 amide bonds. The van der Waals surface area contributed by atoms with Crippen LogP contribution in [0.1, 0.15) is 61.6 Å². The lowest BCUT2D eigenvalue weighted by molar-refractivity contribution is -0.0578. The Morgan fingerprint density at radius 1 is 1.27 bits per heavy atom. The molecule has 0 bridgehead atoms. The van der Waals surface area contributed by atoms with Gasteiger partial charge in [0.1, 0.15) is 5.69 Å². The molecular weight excluding hydrogens is 276 g/mol. The van der Waals surface area contributed by atoms with E-state index in [9.17, 15) is 9.90 Å². The molecule has 3 atom stereocenters. The summed E-state index contributed by atoms with van der Waals surface area (Å²) >= 11 is 0. The van der Waals surface area contributed by atoms with Gasteiger partial charge in [0.2, 0.25) is 0 Å². The Morgan fingerprint density at radius 2 is 2.05 bits per heavy atom. The zero-order chi connectivity index (χ0) is 15.9. The Kier molecular flexibility index (Phi) is 4.06. The van der Waals surface area contributed by atoms with E-state index in [0.717, 1.165) is 50.0 Å². The van der Waals surface area contributed by atoms with Gasteiger partial charge in [0.05, 0.1) is 5.60 Å². The summed E-state index contributed by atoms with van der Waals surface area (Å²) in [5.74, 6) is 0.341. The number of aromatic nitrogens is 1. The molecule has 2 aliphatic rings. The van der Waals surface area contributed by atoms with Crippen molar-refractivity contribution in [1.82, 2.24) is 9.47 Å². The molecule has 0 aromatic carbocycles. The predicted molar refractivity (Wildman–Crippen MR) is 86.8 cm³/mol. The van der Waals surface area contributed by atoms with Gasteiger partial charge in [-0.3, -0.25) is 4.79 Å². The third-order valence-electron chi connectivity index (χ3n) is 5.86. The van der Waals surface area contributed by atoms with Gasteiger partial charge in [-0.15, -0.1) is 0 Å². The molecule has 1 aromatic heterocycles. The van der Waals surface area contributed by atoms with Crippen molar-refractivity contribution in [2.24, 2.45) is 13.0 Å². The Balaban J connectivity index is 1.84. The first kappa shape index (κ1) is 15.6. The Labute approximate surface area is 133 Å². The van der Waals surface area contributed by atoms with Crippen molar-refractivity contribution >= 4 is 5.91 Å². The zero-order valence-corrected chi connectivity index (χ0v) is 14.0. The van der Waals surface area contributed by atoms with E-state index in [1.807, 2.05) is 42.5 Å². The second-order valence-corrected chi connectivity index (χ2v) is 7.34. The highest BCUT2D eigenvalue weighted by Gasteiger charge is 2.45. The summed E-state index contributed by atoms with van der Waals surface area (Å²) in [6, 6.07) is 4.11. The molecule has 1 aliphatic heterocycles. The summed E-state index contributed by atoms with van der Waals surface area (Å²) in [6.07, 6.45) is 6.24. The average Bonchev–Trinajstić information content (AvgIpc) is 3.06. The summed E-state index contributed by atoms with van der Waals surface area (Å²) < 4.78 is 1.97. The molecule has 3 rings (SSSR count). The van der Waals surface area contributed by atoms with Crippen LogP contribution < -0.4 is 0 Å². The van der Waals surface area contributed by atoms with Crippen LogP contribution in [0.5, 0.6) is 0 Å². The number of rotatable bonds is 2. The number of carbonyl (C=O) groups excluding carboxylic acids is 1. The SMILES string of the molecule is Cc1ccc(C(=O)N2CCC[C@@H]2[C@@H]2CCCC[C@]2(C)O)n1C. The molecule has 1 aromatic rings. The fraction of sp³-hybridized carbons (Fsp3) is 0.722. The molecule has 1 saturated carbocycles. The Morgan fingerprint density at radius 3 is 2.68 bits per heavy atom. The fourth-order valence-electron chi connectivity index (χ4n) is 4.39. The van der Waals surface area contributed by atoms with E-state index in [1.54, 1.807) is 0 Å². The maximum Gasteiger partial charge on any atom is 0.270 e. The number of likely N-dealkylation sites (tertiary alicyclic amines) is 1. The van der Waals surface area contributed by atoms with Gasteiger partial charge in [-0.25, -0.2) is 0 Å². The lowest BCUT2D eigenvalue weighted by atomic mass is 9.72. The highest BCUT2D eigenvalue weighted by atomic mass is 16.3. The Bertz CT molecular complexity index is 561. The van der Waals surface area contributed by atoms with Crippen molar-refractivity contribution in [1.29, 1.82) is 0 Å². The number of aliphatic hydroxyl groups is 1. The van der Waals surface area contributed by atoms with Crippen LogP contribution in [-0.2, 0) is 7.05 Å². The van der Waals surface area contributed by atoms with Gasteiger partial charge >= 0.3 is 0 Å². The quantitative estimate of drug-likeness (QED) is 0.913. The summed E-state index contributed by atoms with van der Waals surface area (Å²) in [4.78, 5) is 15.0. The fourth-order valence-corrected chi connectivity index (χ4v) is 4.39. The van der Waals surface area contributed by atoms with Crippen LogP contribution in [0.15, 0.2) is 12.1 Å². The summed E-state index contributed by atoms with van der Waals surface area (Å²) in [7, 11) is 1.95. The normalized spacial score (nSPS) is 32.5. The first-order chi connectivity index (χ1) is 10.4. The van der Waals surface area contributed by atoms with Gasteiger partial charge in [0.25, 0.3) is 5.91 Å². The van der Waals surface area contributed by atoms with Gasteiger partial charge in [-0.05, 0) is 51.7 Å². The molecular formula is C18H28N2O2. The molecule has 0 spiro atoms. The Hall–Kier alpha value is -1.29. The van der Waals surface area contributed by atoms with E-state index >= 15 is 0 Å². The van der Waals surface area contributed by atoms with Crippen molar-refractivity contribution in [3.63, 3.8) is 0 Å². The van der Waals surface area contributed by atoms with Crippen molar-refractivity contribution in [2.45, 2.75) is 64.0 Å². The van der Waals surface area contributed by atoms with Gasteiger partial charge < -0.3 is 14.6 Å². The molecule has 4 heteroatoms. The minimum Gasteiger partial charge on any atom is -0.390 e. The second kappa shape index (κ2) is 5.73. The summed E-state index contributed by atoms with van der Waals surface area (Å²) in [5.41, 5.74) is 1.24. The van der Waals surface area contributed by atoms with Crippen LogP contribution in [0.4, 0.5) is 0 Å². The highest BCUT2D eigenvalue weighted by Crippen LogP contribution is 2.41. The topological polar surface area (TPSA) is 45.5 Å². The largest absolute Gasteiger partial charge is 0.390 e. The van der Waals surface area contributed by atoms with Crippen LogP contribution in [0.3, 0.4) is 0 Å². The van der Waals surface area contributed by atoms with Crippen LogP contribution in [0.2, 0.25) is 0 Å². The molecule has 0 unspecified atom stereocenters. The smallest absolute Gasteiger partial charge is 0.270 e. The third kappa shape index (κ3) is 2.58. The van der Waals surface area contributed by atoms with Crippen LogP contribution in [0.25, 0.3) is 0 Å². The molecule has 22 heavy (non-hydrogen) atoms. The standard InChI is InChI=1S/C18H28N2O2/c1-13-9-10-16(19(13)3)17(21)20-12-6-8-15(20)14-7-4-5-11-18(14,2)22/h9-10,14-15,22H,4-8,11-12H2,1-3H3/t14-,15+,18-/m0/s1. The molecule has 2 fully saturated rings. The number of aryl methyl sites for hydroxylation is 1. The molecule has 0 radical (unpaired) electrons. The van der Waals surface area contributed by atoms with E-state index in [1.165, 1.54) is 6.42 Å². The lowest BCUT2D eigenvalue weighted by Gasteiger charge is -2.43. The molecule has 122 valence electrons. The average molecular weight is 304 g/mol. The van der Waals surface area contributed by atoms with Crippen molar-refractivity contribution in [3.05, 3.63) is 23.5 Å². The number of carbonyl (C=O) groups is 1. The van der Waals surface area contributed by atoms with Crippen molar-refractivity contribution in [2.75, 3.05) is 6.54 Å². The molecule has 1 aliphatic carbocycles. The van der Waals surface area contributed by atoms with E-state index in [4.69, 9.17) is 0 Å². The summed E-state index contributed by atoms with van der Waals surface area (Å²) in [5, 5.41) is 10.8. The van der Waals surface area contributed by atoms with Gasteiger partial charge in [0.15, 0.2) is 0 Å². The van der Waals surface area contributed by atoms with Gasteiger partial charge in [-0.1, -0.05) is 12.8 Å². The lowest BCUT2D eigenvalue weighted by Crippen LogP contribution is -2.50. The maximum absolute atomic E-state index is 13.0. The predicted octanol–water partition coefficient (Wildman–Crippen LogP) is 2.88. The molecule has 1 saturated heterocycles. The third-order valence-corrected chi connectivity index (χ3v) is 5.86. The summed E-state index contributed by atoms with van der Waals surface area (Å²) in [6.45, 7) is 4.80. The van der Waals surface area contributed by atoms with Crippen molar-refractivity contribution in [3.8, 4) is 0 Å². The first-order valence-electron chi connectivity index (χ1n) is 8.57. The van der Waals surface area contributed by atoms with Crippen LogP contribution in [-0.4, -0.2) is 38.7 Å². The first-order valence-corrected chi connectivity index (χ1v) is 8.57. The number of nitrogens with zero attached hydrogens (tertiary/aromatic N) is 2. The number of hydrogen-bond acceptors (Lipinski definition) is 2. The molecule has 4 nitrogen and oxygen atoms in total. The number of amides is 1. The minimum atomic E-state index is -0.629. The van der Waals surface area contributed by atoms with Crippen molar-refractivity contribution < 1.29 is 9.90 Å². The van der Waals surface area contributed by atoms with E-state index in [0.29, 0.717) is 0 Å².